The highest BCUT2D eigenvalue weighted by Gasteiger charge is 2.55. The lowest BCUT2D eigenvalue weighted by atomic mass is 9.63. The van der Waals surface area contributed by atoms with E-state index in [0.29, 0.717) is 11.8 Å². The van der Waals surface area contributed by atoms with E-state index >= 15 is 0 Å². The van der Waals surface area contributed by atoms with Crippen LogP contribution < -0.4 is 17.0 Å². The molecule has 0 aliphatic carbocycles. The Labute approximate surface area is 155 Å². The van der Waals surface area contributed by atoms with E-state index in [9.17, 15) is 4.79 Å². The summed E-state index contributed by atoms with van der Waals surface area (Å²) in [6.45, 7) is 4.35. The minimum absolute atomic E-state index is 0. The summed E-state index contributed by atoms with van der Waals surface area (Å²) in [4.78, 5) is 13.6. The Kier molecular flexibility index (Phi) is 5.36. The molecule has 0 saturated carbocycles. The second kappa shape index (κ2) is 6.81. The van der Waals surface area contributed by atoms with Gasteiger partial charge in [0.2, 0.25) is 5.78 Å². The second-order valence-corrected chi connectivity index (χ2v) is 7.36. The van der Waals surface area contributed by atoms with Crippen LogP contribution in [0.5, 0.6) is 0 Å². The van der Waals surface area contributed by atoms with Crippen molar-refractivity contribution in [3.63, 3.8) is 0 Å². The van der Waals surface area contributed by atoms with Gasteiger partial charge < -0.3 is 21.5 Å². The number of quaternary nitrogens is 1. The van der Waals surface area contributed by atoms with Gasteiger partial charge in [-0.1, -0.05) is 60.7 Å². The molecule has 3 heteroatoms. The molecular weight excluding hydrogens is 362 g/mol. The molecule has 3 rings (SSSR count). The minimum Gasteiger partial charge on any atom is -1.00 e. The number of piperidine rings is 1. The van der Waals surface area contributed by atoms with E-state index in [1.807, 2.05) is 36.4 Å². The summed E-state index contributed by atoms with van der Waals surface area (Å²) in [6, 6.07) is 21.0. The van der Waals surface area contributed by atoms with Crippen LogP contribution in [0.1, 0.15) is 31.4 Å². The summed E-state index contributed by atoms with van der Waals surface area (Å²) in [5.74, 6) is 0.331. The van der Waals surface area contributed by atoms with Crippen LogP contribution in [0.15, 0.2) is 60.7 Å². The van der Waals surface area contributed by atoms with Crippen LogP contribution in [0.4, 0.5) is 0 Å². The van der Waals surface area contributed by atoms with Gasteiger partial charge in [0.1, 0.15) is 6.04 Å². The summed E-state index contributed by atoms with van der Waals surface area (Å²) in [6.07, 6.45) is 0.844. The first-order valence-corrected chi connectivity index (χ1v) is 8.39. The van der Waals surface area contributed by atoms with Crippen molar-refractivity contribution in [2.24, 2.45) is 0 Å². The van der Waals surface area contributed by atoms with Crippen LogP contribution in [-0.2, 0) is 10.2 Å². The number of likely N-dealkylation sites (N-methyl/N-ethyl adjacent to an activating group) is 1. The SMILES string of the molecule is CC1CC(c2ccccc2)(c2ccccc2)C(=O)C(C)[N+]1(C)C.[Br-]. The number of hydrogen-bond acceptors (Lipinski definition) is 1. The molecule has 2 aromatic carbocycles. The van der Waals surface area contributed by atoms with Crippen molar-refractivity contribution in [2.75, 3.05) is 14.1 Å². The molecule has 0 aromatic heterocycles. The van der Waals surface area contributed by atoms with E-state index in [4.69, 9.17) is 0 Å². The van der Waals surface area contributed by atoms with Crippen molar-refractivity contribution in [3.05, 3.63) is 71.8 Å². The van der Waals surface area contributed by atoms with Gasteiger partial charge in [0.05, 0.1) is 25.6 Å². The van der Waals surface area contributed by atoms with Crippen molar-refractivity contribution in [1.29, 1.82) is 0 Å². The van der Waals surface area contributed by atoms with Gasteiger partial charge in [0, 0.05) is 6.42 Å². The molecule has 0 amide bonds. The fourth-order valence-corrected chi connectivity index (χ4v) is 3.95. The van der Waals surface area contributed by atoms with Gasteiger partial charge in [-0.15, -0.1) is 0 Å². The maximum atomic E-state index is 13.6. The van der Waals surface area contributed by atoms with E-state index < -0.39 is 5.41 Å². The van der Waals surface area contributed by atoms with E-state index in [1.54, 1.807) is 0 Å². The van der Waals surface area contributed by atoms with Crippen molar-refractivity contribution in [1.82, 2.24) is 0 Å². The second-order valence-electron chi connectivity index (χ2n) is 7.36. The van der Waals surface area contributed by atoms with Crippen LogP contribution in [-0.4, -0.2) is 36.4 Å². The molecule has 0 bridgehead atoms. The number of carbonyl (C=O) groups excluding carboxylic acids is 1. The van der Waals surface area contributed by atoms with Gasteiger partial charge >= 0.3 is 0 Å². The Hall–Kier alpha value is -1.45. The number of rotatable bonds is 2. The van der Waals surface area contributed by atoms with Crippen LogP contribution in [0.2, 0.25) is 0 Å². The van der Waals surface area contributed by atoms with E-state index in [2.05, 4.69) is 52.2 Å². The molecule has 0 spiro atoms. The zero-order chi connectivity index (χ0) is 16.7. The highest BCUT2D eigenvalue weighted by molar-refractivity contribution is 5.97. The number of likely N-dealkylation sites (tertiary alicyclic amines) is 1. The van der Waals surface area contributed by atoms with Crippen LogP contribution in [0, 0.1) is 0 Å². The number of ketones is 1. The lowest BCUT2D eigenvalue weighted by molar-refractivity contribution is -0.930. The van der Waals surface area contributed by atoms with Gasteiger partial charge in [-0.2, -0.15) is 0 Å². The van der Waals surface area contributed by atoms with Crippen LogP contribution in [0.3, 0.4) is 0 Å². The van der Waals surface area contributed by atoms with Crippen LogP contribution >= 0.6 is 0 Å². The molecule has 2 aromatic rings. The summed E-state index contributed by atoms with van der Waals surface area (Å²) >= 11 is 0. The highest BCUT2D eigenvalue weighted by atomic mass is 79.9. The normalized spacial score (nSPS) is 24.9. The number of hydrogen-bond donors (Lipinski definition) is 0. The fraction of sp³-hybridized carbons (Fsp3) is 0.381. The van der Waals surface area contributed by atoms with Gasteiger partial charge in [-0.25, -0.2) is 0 Å². The summed E-state index contributed by atoms with van der Waals surface area (Å²) in [5.41, 5.74) is 1.71. The standard InChI is InChI=1S/C21H26NO.BrH/c1-16-15-21(18-11-7-5-8-12-18,19-13-9-6-10-14-19)20(23)17(2)22(16,3)4;/h5-14,16-17H,15H2,1-4H3;1H/q+1;/p-1. The first kappa shape index (κ1) is 18.9. The smallest absolute Gasteiger partial charge is 0.204 e. The lowest BCUT2D eigenvalue weighted by Crippen LogP contribution is -3.00. The molecule has 1 fully saturated rings. The van der Waals surface area contributed by atoms with Crippen molar-refractivity contribution in [3.8, 4) is 0 Å². The van der Waals surface area contributed by atoms with Gasteiger partial charge in [0.25, 0.3) is 0 Å². The van der Waals surface area contributed by atoms with E-state index in [1.165, 1.54) is 0 Å². The number of carbonyl (C=O) groups is 1. The molecule has 0 N–H and O–H groups in total. The highest BCUT2D eigenvalue weighted by Crippen LogP contribution is 2.45. The molecule has 1 saturated heterocycles. The average molecular weight is 388 g/mol. The number of benzene rings is 2. The summed E-state index contributed by atoms with van der Waals surface area (Å²) in [7, 11) is 4.35. The van der Waals surface area contributed by atoms with Gasteiger partial charge in [-0.05, 0) is 25.0 Å². The van der Waals surface area contributed by atoms with Gasteiger partial charge in [0.15, 0.2) is 0 Å². The first-order valence-electron chi connectivity index (χ1n) is 8.39. The predicted octanol–water partition coefficient (Wildman–Crippen LogP) is 0.803. The van der Waals surface area contributed by atoms with Crippen LogP contribution in [0.25, 0.3) is 0 Å². The van der Waals surface area contributed by atoms with E-state index in [0.717, 1.165) is 22.0 Å². The molecule has 128 valence electrons. The first-order chi connectivity index (χ1) is 10.9. The van der Waals surface area contributed by atoms with Crippen molar-refractivity contribution < 1.29 is 26.3 Å². The third kappa shape index (κ3) is 2.74. The number of nitrogens with zero attached hydrogens (tertiary/aromatic N) is 1. The topological polar surface area (TPSA) is 17.1 Å². The average Bonchev–Trinajstić information content (AvgIpc) is 2.58. The van der Waals surface area contributed by atoms with Crippen molar-refractivity contribution >= 4 is 5.78 Å². The molecule has 2 unspecified atom stereocenters. The molecule has 1 heterocycles. The Morgan fingerprint density at radius 2 is 1.29 bits per heavy atom. The van der Waals surface area contributed by atoms with E-state index in [-0.39, 0.29) is 23.0 Å². The third-order valence-corrected chi connectivity index (χ3v) is 6.07. The molecular formula is C21H26BrNO. The molecule has 1 aliphatic heterocycles. The Morgan fingerprint density at radius 1 is 0.875 bits per heavy atom. The largest absolute Gasteiger partial charge is 1.00 e. The maximum absolute atomic E-state index is 13.6. The molecule has 1 aliphatic rings. The maximum Gasteiger partial charge on any atom is 0.204 e. The lowest BCUT2D eigenvalue weighted by Gasteiger charge is -2.51. The molecule has 0 radical (unpaired) electrons. The summed E-state index contributed by atoms with van der Waals surface area (Å²) < 4.78 is 0.750. The zero-order valence-corrected chi connectivity index (χ0v) is 16.5. The Morgan fingerprint density at radius 3 is 1.71 bits per heavy atom. The monoisotopic (exact) mass is 387 g/mol. The Balaban J connectivity index is 0.00000208. The summed E-state index contributed by atoms with van der Waals surface area (Å²) in [5, 5.41) is 0. The molecule has 2 nitrogen and oxygen atoms in total. The molecule has 24 heavy (non-hydrogen) atoms. The third-order valence-electron chi connectivity index (χ3n) is 6.07. The quantitative estimate of drug-likeness (QED) is 0.696. The number of Topliss-reactive ketones (excluding diaryl/α,β-unsaturated/α-hetero) is 1. The fourth-order valence-electron chi connectivity index (χ4n) is 3.95. The van der Waals surface area contributed by atoms with Crippen molar-refractivity contribution in [2.45, 2.75) is 37.8 Å². The number of halogens is 1. The predicted molar refractivity (Wildman–Crippen MR) is 94.3 cm³/mol. The zero-order valence-electron chi connectivity index (χ0n) is 14.9. The minimum atomic E-state index is -0.533. The molecule has 2 atom stereocenters. The Bertz CT molecular complexity index is 657. The van der Waals surface area contributed by atoms with Gasteiger partial charge in [-0.3, -0.25) is 4.79 Å².